The van der Waals surface area contributed by atoms with E-state index in [-0.39, 0.29) is 136 Å². The van der Waals surface area contributed by atoms with Crippen molar-refractivity contribution in [1.29, 1.82) is 0 Å². The number of alkyl halides is 6. The lowest BCUT2D eigenvalue weighted by Gasteiger charge is -2.25. The van der Waals surface area contributed by atoms with Crippen LogP contribution < -0.4 is 21.7 Å². The average Bonchev–Trinajstić information content (AvgIpc) is 1.05. The van der Waals surface area contributed by atoms with Crippen molar-refractivity contribution in [3.8, 4) is 33.8 Å². The minimum atomic E-state index is -3.73. The molecule has 2 atom stereocenters. The number of amides is 1. The van der Waals surface area contributed by atoms with Crippen molar-refractivity contribution in [3.05, 3.63) is 143 Å². The number of primary amides is 1. The highest BCUT2D eigenvalue weighted by molar-refractivity contribution is 7.91. The van der Waals surface area contributed by atoms with Crippen molar-refractivity contribution < 1.29 is 75.5 Å². The largest absolute Gasteiger partial charge is 0.369 e. The van der Waals surface area contributed by atoms with E-state index in [0.717, 1.165) is 83.0 Å². The fourth-order valence-electron chi connectivity index (χ4n) is 14.0. The van der Waals surface area contributed by atoms with Gasteiger partial charge in [0.25, 0.3) is 19.3 Å². The molecule has 39 heteroatoms. The third-order valence-corrected chi connectivity index (χ3v) is 24.0. The van der Waals surface area contributed by atoms with Crippen molar-refractivity contribution in [2.24, 2.45) is 49.6 Å². The predicted octanol–water partition coefficient (Wildman–Crippen LogP) is 14.3. The number of aromatic nitrogens is 13. The Balaban J connectivity index is 0.000000140. The van der Waals surface area contributed by atoms with Crippen LogP contribution in [-0.2, 0) is 93.8 Å². The molecule has 118 heavy (non-hydrogen) atoms. The van der Waals surface area contributed by atoms with E-state index < -0.39 is 72.9 Å². The Kier molecular flexibility index (Phi) is 24.3. The van der Waals surface area contributed by atoms with Gasteiger partial charge in [0.1, 0.15) is 45.9 Å². The molecule has 3 aromatic carbocycles. The molecule has 0 bridgehead atoms. The van der Waals surface area contributed by atoms with E-state index in [1.165, 1.54) is 33.4 Å². The molecule has 8 aromatic heterocycles. The number of carbonyl (C=O) groups excluding carboxylic acids is 3. The number of nitrogens with zero attached hydrogens (tertiary/aromatic N) is 14. The van der Waals surface area contributed by atoms with E-state index in [1.54, 1.807) is 121 Å². The molecule has 0 radical (unpaired) electrons. The number of fused-ring (bicyclic) bond motifs is 3. The number of Topliss-reactive ketones (excluding diaryl/α,β-unsaturated/α-hetero) is 2. The number of ether oxygens (including phenoxy) is 2. The van der Waals surface area contributed by atoms with Gasteiger partial charge in [-0.15, -0.1) is 0 Å². The van der Waals surface area contributed by atoms with Gasteiger partial charge < -0.3 is 31.2 Å². The summed E-state index contributed by atoms with van der Waals surface area (Å²) in [6.45, 7) is 0.872. The highest BCUT2D eigenvalue weighted by atomic mass is 35.5. The fourth-order valence-corrected chi connectivity index (χ4v) is 16.8. The highest BCUT2D eigenvalue weighted by Crippen LogP contribution is 2.44. The van der Waals surface area contributed by atoms with E-state index in [2.05, 4.69) is 61.2 Å². The number of aryl methyl sites for hydroxylation is 3. The van der Waals surface area contributed by atoms with E-state index in [0.29, 0.717) is 82.6 Å². The number of anilines is 6. The Morgan fingerprint density at radius 2 is 0.873 bits per heavy atom. The van der Waals surface area contributed by atoms with Gasteiger partial charge in [-0.3, -0.25) is 42.5 Å². The second-order valence-electron chi connectivity index (χ2n) is 29.9. The summed E-state index contributed by atoms with van der Waals surface area (Å²) in [5.41, 5.74) is 11.8. The third kappa shape index (κ3) is 19.5. The Morgan fingerprint density at radius 1 is 0.483 bits per heavy atom. The number of aliphatic imine (C=N–C) groups is 1. The summed E-state index contributed by atoms with van der Waals surface area (Å²) < 4.78 is 179. The molecule has 3 aliphatic heterocycles. The molecule has 11 aromatic rings. The zero-order chi connectivity index (χ0) is 84.0. The molecule has 5 fully saturated rings. The van der Waals surface area contributed by atoms with Crippen LogP contribution in [0.4, 0.5) is 66.2 Å². The maximum absolute atomic E-state index is 14.3. The zero-order valence-corrected chi connectivity index (χ0v) is 67.9. The molecule has 6 aliphatic rings. The van der Waals surface area contributed by atoms with Gasteiger partial charge in [-0.25, -0.2) is 76.5 Å². The molecule has 3 saturated carbocycles. The lowest BCUT2D eigenvalue weighted by atomic mass is 10.1. The van der Waals surface area contributed by atoms with Crippen LogP contribution >= 0.6 is 11.6 Å². The summed E-state index contributed by atoms with van der Waals surface area (Å²) in [6.07, 6.45) is 8.51. The highest BCUT2D eigenvalue weighted by Gasteiger charge is 2.36. The number of hydrogen-bond donors (Lipinski definition) is 4. The van der Waals surface area contributed by atoms with Crippen LogP contribution in [0.25, 0.3) is 56.1 Å². The molecule has 11 heterocycles. The second-order valence-corrected chi connectivity index (χ2v) is 36.3. The number of nitrogens with one attached hydrogen (secondary N) is 3. The zero-order valence-electron chi connectivity index (χ0n) is 64.7. The lowest BCUT2D eigenvalue weighted by molar-refractivity contribution is -0.120. The first-order chi connectivity index (χ1) is 56.1. The first-order valence-corrected chi connectivity index (χ1v) is 44.0. The number of carbonyl (C=O) groups is 3. The molecular formula is C79H83ClF6N18O11S3. The smallest absolute Gasteiger partial charge is 0.295 e. The first-order valence-electron chi connectivity index (χ1n) is 37.9. The van der Waals surface area contributed by atoms with Gasteiger partial charge >= 0.3 is 0 Å². The van der Waals surface area contributed by atoms with Crippen molar-refractivity contribution in [2.45, 2.75) is 143 Å². The molecule has 3 aliphatic carbocycles. The fraction of sp³-hybridized carbons (Fsp3) is 0.392. The summed E-state index contributed by atoms with van der Waals surface area (Å²) >= 11 is 6.28. The Labute approximate surface area is 679 Å². The number of imidazole rings is 2. The number of rotatable bonds is 24. The predicted molar refractivity (Wildman–Crippen MR) is 429 cm³/mol. The van der Waals surface area contributed by atoms with Gasteiger partial charge in [0.2, 0.25) is 5.91 Å². The maximum Gasteiger partial charge on any atom is 0.295 e. The summed E-state index contributed by atoms with van der Waals surface area (Å²) in [5, 5.41) is 22.3. The van der Waals surface area contributed by atoms with E-state index in [1.807, 2.05) is 0 Å². The van der Waals surface area contributed by atoms with Crippen LogP contribution in [-0.4, -0.2) is 150 Å². The minimum absolute atomic E-state index is 0.00496. The van der Waals surface area contributed by atoms with Gasteiger partial charge in [-0.1, -0.05) is 29.8 Å². The van der Waals surface area contributed by atoms with Gasteiger partial charge in [-0.05, 0) is 144 Å². The van der Waals surface area contributed by atoms with Crippen molar-refractivity contribution in [1.82, 2.24) is 63.4 Å². The van der Waals surface area contributed by atoms with Gasteiger partial charge in [0, 0.05) is 131 Å². The summed E-state index contributed by atoms with van der Waals surface area (Å²) in [5.74, 6) is -0.736. The number of sulfone groups is 3. The molecule has 2 saturated heterocycles. The second kappa shape index (κ2) is 34.3. The third-order valence-electron chi connectivity index (χ3n) is 20.4. The van der Waals surface area contributed by atoms with Crippen LogP contribution in [0.3, 0.4) is 0 Å². The number of nitrogens with two attached hydrogens (primary N) is 1. The standard InChI is InChI=1S/C28H30F2N6O4S.C24H23F2N5O3S.C23H23ClF2N6O3S.C4H7NO/c1-35-11-10-19(34-35)17-8-9-20(23(13-17)41(2,38)39)32-21-14-18(15-22(37)16-6-7-16)31-27-25(21)33-28(26(29)30)36(27)24-5-3-4-12-40-24;1-31-8-7-16(30-31)14-5-6-17(22(9-14)35(2,33)34)28-18-10-15(11-21(32)13-3-4-13)27-19-12-20(24(25)26)29-23(18)19;1-31-9-8-14(30-31)13-6-7-15(17(11-13)36(2,33)34)27-16-12-18(24)28-22-20(16)29-23(21(25)26)32(22)19-5-3-4-10-35-19;5-4(6)3-1-2-3/h8-11,13-14,16,24,26H,3-7,12,15H2,1-2H3,(H,31,32);5-10,13,24H,3-4,11-12H2,1-2H3,(H,27,28);6-9,11-12,19,21H,3-5,10H2,1-2H3,(H,27,28);3H,1-2H2,(H2,5,6). The topological polar surface area (TPSA) is 374 Å². The van der Waals surface area contributed by atoms with Crippen molar-refractivity contribution in [3.63, 3.8) is 0 Å². The number of hydrogen-bond acceptors (Lipinski definition) is 23. The Bertz CT molecular complexity index is 6110. The first kappa shape index (κ1) is 83.7. The van der Waals surface area contributed by atoms with Crippen molar-refractivity contribution >= 4 is 126 Å². The average molecular weight is 1710 g/mol. The summed E-state index contributed by atoms with van der Waals surface area (Å²) in [4.78, 5) is 61.0. The van der Waals surface area contributed by atoms with E-state index >= 15 is 0 Å². The summed E-state index contributed by atoms with van der Waals surface area (Å²) in [7, 11) is -5.79. The van der Waals surface area contributed by atoms with Gasteiger partial charge in [0.05, 0.1) is 88.7 Å². The molecule has 622 valence electrons. The SMILES string of the molecule is Cn1ccc(-c2ccc(Nc3cc(CC(=O)C4CC4)nc4c3N=C(C(F)F)C4)c(S(C)(=O)=O)c2)n1.Cn1ccc(-c2ccc(Nc3cc(CC(=O)C4CC4)nc4c3nc(C(F)F)n4C3CCCCO3)c(S(C)(=O)=O)c2)n1.Cn1ccc(-c2ccc(Nc3cc(Cl)nc4c3nc(C(F)F)n4C3CCCCO3)c(S(C)(=O)=O)c2)n1.NC(=O)C1CC1. The van der Waals surface area contributed by atoms with Crippen LogP contribution in [0.15, 0.2) is 129 Å². The monoisotopic (exact) mass is 1700 g/mol. The quantitative estimate of drug-likeness (QED) is 0.0322. The summed E-state index contributed by atoms with van der Waals surface area (Å²) in [6, 6.07) is 24.5. The van der Waals surface area contributed by atoms with Crippen LogP contribution in [0, 0.1) is 17.8 Å². The van der Waals surface area contributed by atoms with E-state index in [9.17, 15) is 66.0 Å². The normalized spacial score (nSPS) is 16.9. The number of pyridine rings is 3. The van der Waals surface area contributed by atoms with Crippen molar-refractivity contribution in [2.75, 3.05) is 47.9 Å². The number of benzene rings is 3. The van der Waals surface area contributed by atoms with E-state index in [4.69, 9.17) is 26.8 Å². The number of ketones is 2. The van der Waals surface area contributed by atoms with Gasteiger partial charge in [-0.2, -0.15) is 15.3 Å². The van der Waals surface area contributed by atoms with Crippen LogP contribution in [0.5, 0.6) is 0 Å². The molecular weight excluding hydrogens is 1620 g/mol. The molecule has 5 N–H and O–H groups in total. The lowest BCUT2D eigenvalue weighted by Crippen LogP contribution is -2.21. The number of halogens is 7. The molecule has 1 amide bonds. The molecule has 17 rings (SSSR count). The Hall–Kier alpha value is -10.8. The maximum atomic E-state index is 14.3. The van der Waals surface area contributed by atoms with Crippen LogP contribution in [0.2, 0.25) is 5.15 Å². The molecule has 29 nitrogen and oxygen atoms in total. The minimum Gasteiger partial charge on any atom is -0.369 e. The Morgan fingerprint density at radius 3 is 1.22 bits per heavy atom. The van der Waals surface area contributed by atoms with Crippen LogP contribution in [0.1, 0.15) is 131 Å². The van der Waals surface area contributed by atoms with Gasteiger partial charge in [0.15, 0.2) is 52.5 Å². The molecule has 2 unspecified atom stereocenters. The molecule has 0 spiro atoms.